The summed E-state index contributed by atoms with van der Waals surface area (Å²) >= 11 is 0. The van der Waals surface area contributed by atoms with Gasteiger partial charge in [-0.2, -0.15) is 0 Å². The van der Waals surface area contributed by atoms with Crippen LogP contribution in [-0.2, 0) is 4.74 Å². The molecule has 0 saturated carbocycles. The SMILES string of the molecule is C=CCOC(=O)Nc1ccc(Nc2cc(C)ncn2)cc1. The molecule has 0 saturated heterocycles. The second-order valence-electron chi connectivity index (χ2n) is 4.26. The van der Waals surface area contributed by atoms with E-state index in [0.717, 1.165) is 11.4 Å². The van der Waals surface area contributed by atoms with Gasteiger partial charge in [0, 0.05) is 23.1 Å². The summed E-state index contributed by atoms with van der Waals surface area (Å²) in [4.78, 5) is 19.5. The van der Waals surface area contributed by atoms with Gasteiger partial charge in [-0.3, -0.25) is 5.32 Å². The third-order valence-corrected chi connectivity index (χ3v) is 2.54. The van der Waals surface area contributed by atoms with E-state index < -0.39 is 6.09 Å². The van der Waals surface area contributed by atoms with Crippen molar-refractivity contribution in [3.05, 3.63) is 55.0 Å². The molecule has 0 atom stereocenters. The number of carbonyl (C=O) groups is 1. The molecule has 1 amide bonds. The fourth-order valence-corrected chi connectivity index (χ4v) is 1.60. The predicted octanol–water partition coefficient (Wildman–Crippen LogP) is 3.26. The Hall–Kier alpha value is -2.89. The molecule has 0 fully saturated rings. The molecular formula is C15H16N4O2. The minimum Gasteiger partial charge on any atom is -0.445 e. The van der Waals surface area contributed by atoms with E-state index >= 15 is 0 Å². The Kier molecular flexibility index (Phi) is 4.87. The molecule has 2 N–H and O–H groups in total. The molecule has 0 aliphatic rings. The first-order chi connectivity index (χ1) is 10.2. The van der Waals surface area contributed by atoms with Crippen LogP contribution in [0.2, 0.25) is 0 Å². The summed E-state index contributed by atoms with van der Waals surface area (Å²) in [5.41, 5.74) is 2.39. The third-order valence-electron chi connectivity index (χ3n) is 2.54. The number of ether oxygens (including phenoxy) is 1. The van der Waals surface area contributed by atoms with Crippen molar-refractivity contribution >= 4 is 23.3 Å². The molecule has 0 aliphatic heterocycles. The fraction of sp³-hybridized carbons (Fsp3) is 0.133. The first kappa shape index (κ1) is 14.5. The Labute approximate surface area is 122 Å². The molecule has 108 valence electrons. The van der Waals surface area contributed by atoms with Crippen molar-refractivity contribution < 1.29 is 9.53 Å². The average Bonchev–Trinajstić information content (AvgIpc) is 2.47. The lowest BCUT2D eigenvalue weighted by atomic mass is 10.3. The van der Waals surface area contributed by atoms with Crippen molar-refractivity contribution in [1.82, 2.24) is 9.97 Å². The molecule has 2 aromatic rings. The molecule has 0 aliphatic carbocycles. The van der Waals surface area contributed by atoms with Crippen molar-refractivity contribution in [2.24, 2.45) is 0 Å². The van der Waals surface area contributed by atoms with Crippen LogP contribution in [0.25, 0.3) is 0 Å². The second-order valence-corrected chi connectivity index (χ2v) is 4.26. The average molecular weight is 284 g/mol. The lowest BCUT2D eigenvalue weighted by Crippen LogP contribution is -2.13. The van der Waals surface area contributed by atoms with Gasteiger partial charge in [0.15, 0.2) is 0 Å². The number of benzene rings is 1. The number of nitrogens with zero attached hydrogens (tertiary/aromatic N) is 2. The lowest BCUT2D eigenvalue weighted by molar-refractivity contribution is 0.174. The quantitative estimate of drug-likeness (QED) is 0.824. The standard InChI is InChI=1S/C15H16N4O2/c1-3-8-21-15(20)19-13-6-4-12(5-7-13)18-14-9-11(2)16-10-17-14/h3-7,9-10H,1,8H2,2H3,(H,19,20)(H,16,17,18). The predicted molar refractivity (Wildman–Crippen MR) is 81.7 cm³/mol. The van der Waals surface area contributed by atoms with Crippen LogP contribution in [-0.4, -0.2) is 22.7 Å². The monoisotopic (exact) mass is 284 g/mol. The maximum atomic E-state index is 11.4. The van der Waals surface area contributed by atoms with E-state index in [2.05, 4.69) is 27.2 Å². The maximum absolute atomic E-state index is 11.4. The molecule has 1 aromatic carbocycles. The van der Waals surface area contributed by atoms with Crippen LogP contribution in [0.15, 0.2) is 49.3 Å². The van der Waals surface area contributed by atoms with Crippen molar-refractivity contribution in [1.29, 1.82) is 0 Å². The second kappa shape index (κ2) is 7.04. The van der Waals surface area contributed by atoms with Gasteiger partial charge in [0.25, 0.3) is 0 Å². The van der Waals surface area contributed by atoms with Gasteiger partial charge < -0.3 is 10.1 Å². The molecule has 0 radical (unpaired) electrons. The summed E-state index contributed by atoms with van der Waals surface area (Å²) in [7, 11) is 0. The first-order valence-corrected chi connectivity index (χ1v) is 6.38. The number of rotatable bonds is 5. The van der Waals surface area contributed by atoms with Gasteiger partial charge in [-0.05, 0) is 31.2 Å². The number of carbonyl (C=O) groups excluding carboxylic acids is 1. The maximum Gasteiger partial charge on any atom is 0.411 e. The van der Waals surface area contributed by atoms with Gasteiger partial charge >= 0.3 is 6.09 Å². The minimum atomic E-state index is -0.512. The molecule has 1 heterocycles. The largest absolute Gasteiger partial charge is 0.445 e. The highest BCUT2D eigenvalue weighted by molar-refractivity contribution is 5.85. The van der Waals surface area contributed by atoms with Gasteiger partial charge in [-0.1, -0.05) is 12.7 Å². The molecule has 6 nitrogen and oxygen atoms in total. The first-order valence-electron chi connectivity index (χ1n) is 6.38. The highest BCUT2D eigenvalue weighted by atomic mass is 16.5. The van der Waals surface area contributed by atoms with E-state index in [1.807, 2.05) is 25.1 Å². The van der Waals surface area contributed by atoms with E-state index in [-0.39, 0.29) is 6.61 Å². The van der Waals surface area contributed by atoms with Crippen molar-refractivity contribution in [3.63, 3.8) is 0 Å². The summed E-state index contributed by atoms with van der Waals surface area (Å²) in [6, 6.07) is 9.05. The van der Waals surface area contributed by atoms with E-state index in [0.29, 0.717) is 11.5 Å². The summed E-state index contributed by atoms with van der Waals surface area (Å²) < 4.78 is 4.83. The number of aromatic nitrogens is 2. The zero-order valence-corrected chi connectivity index (χ0v) is 11.7. The molecule has 0 unspecified atom stereocenters. The van der Waals surface area contributed by atoms with E-state index in [9.17, 15) is 4.79 Å². The van der Waals surface area contributed by atoms with Gasteiger partial charge in [0.05, 0.1) is 0 Å². The van der Waals surface area contributed by atoms with Crippen molar-refractivity contribution in [2.45, 2.75) is 6.92 Å². The fourth-order valence-electron chi connectivity index (χ4n) is 1.60. The van der Waals surface area contributed by atoms with Crippen LogP contribution in [0.4, 0.5) is 22.0 Å². The summed E-state index contributed by atoms with van der Waals surface area (Å²) in [6.45, 7) is 5.55. The summed E-state index contributed by atoms with van der Waals surface area (Å²) in [5, 5.41) is 5.77. The van der Waals surface area contributed by atoms with Crippen LogP contribution >= 0.6 is 0 Å². The zero-order valence-electron chi connectivity index (χ0n) is 11.7. The smallest absolute Gasteiger partial charge is 0.411 e. The molecular weight excluding hydrogens is 268 g/mol. The Balaban J connectivity index is 1.95. The number of hydrogen-bond acceptors (Lipinski definition) is 5. The van der Waals surface area contributed by atoms with Crippen LogP contribution in [0.5, 0.6) is 0 Å². The molecule has 0 bridgehead atoms. The number of anilines is 3. The molecule has 2 rings (SSSR count). The van der Waals surface area contributed by atoms with Crippen LogP contribution in [0.3, 0.4) is 0 Å². The summed E-state index contributed by atoms with van der Waals surface area (Å²) in [6.07, 6.45) is 2.50. The topological polar surface area (TPSA) is 76.1 Å². The van der Waals surface area contributed by atoms with E-state index in [4.69, 9.17) is 4.74 Å². The molecule has 6 heteroatoms. The van der Waals surface area contributed by atoms with E-state index in [1.54, 1.807) is 12.1 Å². The van der Waals surface area contributed by atoms with Crippen molar-refractivity contribution in [3.8, 4) is 0 Å². The lowest BCUT2D eigenvalue weighted by Gasteiger charge is -2.08. The number of hydrogen-bond donors (Lipinski definition) is 2. The van der Waals surface area contributed by atoms with Crippen LogP contribution in [0.1, 0.15) is 5.69 Å². The Morgan fingerprint density at radius 3 is 2.67 bits per heavy atom. The van der Waals surface area contributed by atoms with Gasteiger partial charge in [-0.25, -0.2) is 14.8 Å². The number of amides is 1. The number of aryl methyl sites for hydroxylation is 1. The normalized spacial score (nSPS) is 9.76. The van der Waals surface area contributed by atoms with Crippen LogP contribution < -0.4 is 10.6 Å². The van der Waals surface area contributed by atoms with E-state index in [1.165, 1.54) is 12.4 Å². The zero-order chi connectivity index (χ0) is 15.1. The molecule has 1 aromatic heterocycles. The van der Waals surface area contributed by atoms with Crippen molar-refractivity contribution in [2.75, 3.05) is 17.2 Å². The highest BCUT2D eigenvalue weighted by Gasteiger charge is 2.02. The Morgan fingerprint density at radius 1 is 1.29 bits per heavy atom. The number of nitrogens with one attached hydrogen (secondary N) is 2. The summed E-state index contributed by atoms with van der Waals surface area (Å²) in [5.74, 6) is 0.716. The highest BCUT2D eigenvalue weighted by Crippen LogP contribution is 2.17. The Morgan fingerprint density at radius 2 is 2.00 bits per heavy atom. The van der Waals surface area contributed by atoms with Gasteiger partial charge in [-0.15, -0.1) is 0 Å². The molecule has 21 heavy (non-hydrogen) atoms. The third kappa shape index (κ3) is 4.61. The Bertz CT molecular complexity index is 626. The van der Waals surface area contributed by atoms with Gasteiger partial charge in [0.1, 0.15) is 18.8 Å². The van der Waals surface area contributed by atoms with Gasteiger partial charge in [0.2, 0.25) is 0 Å². The minimum absolute atomic E-state index is 0.179. The molecule has 0 spiro atoms. The van der Waals surface area contributed by atoms with Crippen LogP contribution in [0, 0.1) is 6.92 Å².